The monoisotopic (exact) mass is 278 g/mol. The minimum atomic E-state index is 0.403. The molecular weight excluding hydrogens is 252 g/mol. The van der Waals surface area contributed by atoms with Crippen LogP contribution in [0.25, 0.3) is 0 Å². The van der Waals surface area contributed by atoms with Crippen molar-refractivity contribution in [3.63, 3.8) is 0 Å². The van der Waals surface area contributed by atoms with Gasteiger partial charge in [-0.2, -0.15) is 0 Å². The molecule has 0 N–H and O–H groups in total. The van der Waals surface area contributed by atoms with Crippen molar-refractivity contribution in [2.45, 2.75) is 25.7 Å². The molecule has 4 heteroatoms. The first-order valence-corrected chi connectivity index (χ1v) is 7.35. The predicted molar refractivity (Wildman–Crippen MR) is 81.8 cm³/mol. The largest absolute Gasteiger partial charge is 0.300 e. The summed E-state index contributed by atoms with van der Waals surface area (Å²) in [5, 5.41) is 0. The zero-order valence-corrected chi connectivity index (χ0v) is 12.4. The van der Waals surface area contributed by atoms with Gasteiger partial charge in [0.05, 0.1) is 0 Å². The van der Waals surface area contributed by atoms with E-state index in [0.29, 0.717) is 11.6 Å². The number of carbonyl (C=O) groups excluding carboxylic acids is 2. The Kier molecular flexibility index (Phi) is 8.07. The van der Waals surface area contributed by atoms with Gasteiger partial charge in [-0.25, -0.2) is 0 Å². The van der Waals surface area contributed by atoms with Gasteiger partial charge in [0, 0.05) is 65.0 Å². The second kappa shape index (κ2) is 9.61. The molecule has 2 saturated heterocycles. The van der Waals surface area contributed by atoms with Gasteiger partial charge < -0.3 is 0 Å². The standard InChI is InChI=1S/2C8H13NO/c2*1-2-5-9-6-3-8(10)4-7-9/h2*2H,1,3-7H2. The average Bonchev–Trinajstić information content (AvgIpc) is 2.45. The van der Waals surface area contributed by atoms with Crippen molar-refractivity contribution >= 4 is 11.6 Å². The Morgan fingerprint density at radius 3 is 1.30 bits per heavy atom. The van der Waals surface area contributed by atoms with E-state index in [0.717, 1.165) is 65.0 Å². The van der Waals surface area contributed by atoms with Gasteiger partial charge in [0.15, 0.2) is 0 Å². The molecule has 2 aliphatic rings. The van der Waals surface area contributed by atoms with Crippen LogP contribution in [-0.4, -0.2) is 60.6 Å². The SMILES string of the molecule is C=CCN1CCC(=O)CC1.C=CCN1CCC(=O)CC1. The third-order valence-corrected chi connectivity index (χ3v) is 3.60. The van der Waals surface area contributed by atoms with Crippen molar-refractivity contribution in [1.82, 2.24) is 9.80 Å². The van der Waals surface area contributed by atoms with Gasteiger partial charge in [0.25, 0.3) is 0 Å². The number of Topliss-reactive ketones (excluding diaryl/α,β-unsaturated/α-hetero) is 2. The van der Waals surface area contributed by atoms with E-state index in [1.54, 1.807) is 0 Å². The van der Waals surface area contributed by atoms with Crippen LogP contribution in [0.4, 0.5) is 0 Å². The van der Waals surface area contributed by atoms with E-state index in [4.69, 9.17) is 0 Å². The van der Waals surface area contributed by atoms with Crippen LogP contribution in [0.3, 0.4) is 0 Å². The van der Waals surface area contributed by atoms with E-state index in [1.165, 1.54) is 0 Å². The van der Waals surface area contributed by atoms with Crippen LogP contribution in [0.1, 0.15) is 25.7 Å². The third kappa shape index (κ3) is 6.78. The topological polar surface area (TPSA) is 40.6 Å². The maximum absolute atomic E-state index is 10.8. The van der Waals surface area contributed by atoms with Gasteiger partial charge in [-0.15, -0.1) is 13.2 Å². The molecule has 2 heterocycles. The molecule has 0 aromatic carbocycles. The fraction of sp³-hybridized carbons (Fsp3) is 0.625. The normalized spacial score (nSPS) is 21.0. The molecule has 0 atom stereocenters. The number of hydrogen-bond donors (Lipinski definition) is 0. The van der Waals surface area contributed by atoms with Gasteiger partial charge in [-0.1, -0.05) is 12.2 Å². The summed E-state index contributed by atoms with van der Waals surface area (Å²) < 4.78 is 0. The first kappa shape index (κ1) is 16.8. The molecule has 0 saturated carbocycles. The van der Waals surface area contributed by atoms with Crippen molar-refractivity contribution in [2.24, 2.45) is 0 Å². The number of piperidine rings is 2. The van der Waals surface area contributed by atoms with Crippen LogP contribution < -0.4 is 0 Å². The highest BCUT2D eigenvalue weighted by atomic mass is 16.1. The Hall–Kier alpha value is -1.26. The summed E-state index contributed by atoms with van der Waals surface area (Å²) in [5.74, 6) is 0.806. The number of hydrogen-bond acceptors (Lipinski definition) is 4. The number of nitrogens with zero attached hydrogens (tertiary/aromatic N) is 2. The zero-order chi connectivity index (χ0) is 14.8. The number of rotatable bonds is 4. The molecule has 2 fully saturated rings. The van der Waals surface area contributed by atoms with Crippen molar-refractivity contribution < 1.29 is 9.59 Å². The molecule has 0 aliphatic carbocycles. The van der Waals surface area contributed by atoms with Crippen molar-refractivity contribution in [3.05, 3.63) is 25.3 Å². The fourth-order valence-electron chi connectivity index (χ4n) is 2.34. The Balaban J connectivity index is 0.000000200. The number of carbonyl (C=O) groups is 2. The average molecular weight is 278 g/mol. The molecule has 0 radical (unpaired) electrons. The van der Waals surface area contributed by atoms with Gasteiger partial charge >= 0.3 is 0 Å². The fourth-order valence-corrected chi connectivity index (χ4v) is 2.34. The molecule has 20 heavy (non-hydrogen) atoms. The maximum atomic E-state index is 10.8. The van der Waals surface area contributed by atoms with E-state index in [-0.39, 0.29) is 0 Å². The zero-order valence-electron chi connectivity index (χ0n) is 12.4. The first-order valence-electron chi connectivity index (χ1n) is 7.35. The lowest BCUT2D eigenvalue weighted by Crippen LogP contribution is -2.33. The highest BCUT2D eigenvalue weighted by Gasteiger charge is 2.14. The van der Waals surface area contributed by atoms with E-state index in [9.17, 15) is 9.59 Å². The van der Waals surface area contributed by atoms with Crippen LogP contribution >= 0.6 is 0 Å². The van der Waals surface area contributed by atoms with Crippen LogP contribution in [0.15, 0.2) is 25.3 Å². The third-order valence-electron chi connectivity index (χ3n) is 3.60. The number of likely N-dealkylation sites (tertiary alicyclic amines) is 2. The quantitative estimate of drug-likeness (QED) is 0.734. The Bertz CT molecular complexity index is 298. The minimum absolute atomic E-state index is 0.403. The van der Waals surface area contributed by atoms with E-state index >= 15 is 0 Å². The summed E-state index contributed by atoms with van der Waals surface area (Å²) in [6, 6.07) is 0. The maximum Gasteiger partial charge on any atom is 0.135 e. The van der Waals surface area contributed by atoms with Gasteiger partial charge in [0.2, 0.25) is 0 Å². The van der Waals surface area contributed by atoms with Crippen molar-refractivity contribution in [1.29, 1.82) is 0 Å². The van der Waals surface area contributed by atoms with Crippen LogP contribution in [0.5, 0.6) is 0 Å². The summed E-state index contributed by atoms with van der Waals surface area (Å²) >= 11 is 0. The summed E-state index contributed by atoms with van der Waals surface area (Å²) in [4.78, 5) is 26.0. The first-order chi connectivity index (χ1) is 9.65. The van der Waals surface area contributed by atoms with Gasteiger partial charge in [-0.3, -0.25) is 19.4 Å². The summed E-state index contributed by atoms with van der Waals surface area (Å²) in [5.41, 5.74) is 0. The molecule has 0 aromatic rings. The Labute approximate surface area is 122 Å². The molecule has 0 spiro atoms. The smallest absolute Gasteiger partial charge is 0.135 e. The Morgan fingerprint density at radius 1 is 0.750 bits per heavy atom. The molecule has 2 aliphatic heterocycles. The molecular formula is C16H26N2O2. The highest BCUT2D eigenvalue weighted by molar-refractivity contribution is 5.79. The summed E-state index contributed by atoms with van der Waals surface area (Å²) in [7, 11) is 0. The molecule has 112 valence electrons. The molecule has 0 bridgehead atoms. The molecule has 0 unspecified atom stereocenters. The lowest BCUT2D eigenvalue weighted by molar-refractivity contribution is -0.122. The van der Waals surface area contributed by atoms with E-state index < -0.39 is 0 Å². The Morgan fingerprint density at radius 2 is 1.05 bits per heavy atom. The van der Waals surface area contributed by atoms with E-state index in [1.807, 2.05) is 12.2 Å². The summed E-state index contributed by atoms with van der Waals surface area (Å²) in [6.07, 6.45) is 6.69. The van der Waals surface area contributed by atoms with Gasteiger partial charge in [-0.05, 0) is 0 Å². The number of ketones is 2. The van der Waals surface area contributed by atoms with Crippen molar-refractivity contribution in [3.8, 4) is 0 Å². The second-order valence-corrected chi connectivity index (χ2v) is 5.26. The van der Waals surface area contributed by atoms with Crippen LogP contribution in [-0.2, 0) is 9.59 Å². The van der Waals surface area contributed by atoms with Crippen molar-refractivity contribution in [2.75, 3.05) is 39.3 Å². The van der Waals surface area contributed by atoms with E-state index in [2.05, 4.69) is 23.0 Å². The second-order valence-electron chi connectivity index (χ2n) is 5.26. The van der Waals surface area contributed by atoms with Crippen LogP contribution in [0.2, 0.25) is 0 Å². The molecule has 2 rings (SSSR count). The molecule has 0 amide bonds. The van der Waals surface area contributed by atoms with Gasteiger partial charge in [0.1, 0.15) is 11.6 Å². The highest BCUT2D eigenvalue weighted by Crippen LogP contribution is 2.05. The molecule has 4 nitrogen and oxygen atoms in total. The van der Waals surface area contributed by atoms with Crippen LogP contribution in [0, 0.1) is 0 Å². The summed E-state index contributed by atoms with van der Waals surface area (Å²) in [6.45, 7) is 12.8. The minimum Gasteiger partial charge on any atom is -0.300 e. The molecule has 0 aromatic heterocycles. The lowest BCUT2D eigenvalue weighted by Gasteiger charge is -2.23. The lowest BCUT2D eigenvalue weighted by atomic mass is 10.1. The predicted octanol–water partition coefficient (Wildman–Crippen LogP) is 1.67.